The van der Waals surface area contributed by atoms with Gasteiger partial charge in [-0.2, -0.15) is 0 Å². The second kappa shape index (κ2) is 7.48. The van der Waals surface area contributed by atoms with Crippen molar-refractivity contribution in [2.75, 3.05) is 26.3 Å². The van der Waals surface area contributed by atoms with Gasteiger partial charge in [0.1, 0.15) is 11.3 Å². The Hall–Kier alpha value is -2.73. The van der Waals surface area contributed by atoms with Crippen molar-refractivity contribution in [2.24, 2.45) is 5.92 Å². The van der Waals surface area contributed by atoms with Gasteiger partial charge in [0, 0.05) is 37.0 Å². The minimum absolute atomic E-state index is 0.0461. The number of pyridine rings is 1. The van der Waals surface area contributed by atoms with Gasteiger partial charge in [0.2, 0.25) is 0 Å². The number of nitrogens with zero attached hydrogens (tertiary/aromatic N) is 4. The molecule has 6 heteroatoms. The lowest BCUT2D eigenvalue weighted by molar-refractivity contribution is 0.0303. The van der Waals surface area contributed by atoms with Crippen LogP contribution >= 0.6 is 0 Å². The van der Waals surface area contributed by atoms with E-state index in [2.05, 4.69) is 23.4 Å². The number of imidazole rings is 1. The number of benzene rings is 1. The van der Waals surface area contributed by atoms with Crippen LogP contribution in [0.25, 0.3) is 22.6 Å². The van der Waals surface area contributed by atoms with E-state index in [1.54, 1.807) is 6.20 Å². The molecule has 0 bridgehead atoms. The van der Waals surface area contributed by atoms with Crippen LogP contribution in [-0.2, 0) is 11.3 Å². The summed E-state index contributed by atoms with van der Waals surface area (Å²) in [4.78, 5) is 24.0. The molecule has 0 saturated carbocycles. The van der Waals surface area contributed by atoms with Gasteiger partial charge in [-0.1, -0.05) is 26.0 Å². The van der Waals surface area contributed by atoms with Gasteiger partial charge in [0.15, 0.2) is 5.65 Å². The summed E-state index contributed by atoms with van der Waals surface area (Å²) in [5.41, 5.74) is 3.38. The van der Waals surface area contributed by atoms with Crippen molar-refractivity contribution in [2.45, 2.75) is 20.4 Å². The Morgan fingerprint density at radius 3 is 2.78 bits per heavy atom. The lowest BCUT2D eigenvalue weighted by Gasteiger charge is -2.27. The van der Waals surface area contributed by atoms with Crippen LogP contribution in [0.15, 0.2) is 42.6 Å². The van der Waals surface area contributed by atoms with Crippen molar-refractivity contribution in [3.8, 4) is 11.4 Å². The van der Waals surface area contributed by atoms with Crippen molar-refractivity contribution in [1.29, 1.82) is 0 Å². The lowest BCUT2D eigenvalue weighted by Crippen LogP contribution is -2.40. The molecule has 1 saturated heterocycles. The van der Waals surface area contributed by atoms with E-state index < -0.39 is 0 Å². The molecule has 27 heavy (non-hydrogen) atoms. The largest absolute Gasteiger partial charge is 0.378 e. The number of rotatable bonds is 4. The molecule has 0 N–H and O–H groups in total. The van der Waals surface area contributed by atoms with Gasteiger partial charge in [-0.15, -0.1) is 0 Å². The number of amides is 1. The maximum absolute atomic E-state index is 12.8. The van der Waals surface area contributed by atoms with Crippen molar-refractivity contribution >= 4 is 17.1 Å². The molecule has 0 spiro atoms. The van der Waals surface area contributed by atoms with E-state index in [-0.39, 0.29) is 5.91 Å². The maximum Gasteiger partial charge on any atom is 0.254 e. The van der Waals surface area contributed by atoms with Gasteiger partial charge >= 0.3 is 0 Å². The second-order valence-electron chi connectivity index (χ2n) is 7.27. The number of aromatic nitrogens is 3. The van der Waals surface area contributed by atoms with Crippen LogP contribution in [0.3, 0.4) is 0 Å². The Labute approximate surface area is 158 Å². The molecule has 1 aliphatic heterocycles. The summed E-state index contributed by atoms with van der Waals surface area (Å²) < 4.78 is 7.50. The molecule has 140 valence electrons. The fraction of sp³-hybridized carbons (Fsp3) is 0.381. The third kappa shape index (κ3) is 3.57. The van der Waals surface area contributed by atoms with E-state index in [1.807, 2.05) is 41.3 Å². The average molecular weight is 364 g/mol. The first kappa shape index (κ1) is 17.7. The maximum atomic E-state index is 12.8. The molecular formula is C21H24N4O2. The van der Waals surface area contributed by atoms with Gasteiger partial charge in [0.05, 0.1) is 13.2 Å². The average Bonchev–Trinajstić information content (AvgIpc) is 3.06. The highest BCUT2D eigenvalue weighted by molar-refractivity contribution is 5.95. The van der Waals surface area contributed by atoms with E-state index in [0.29, 0.717) is 37.8 Å². The van der Waals surface area contributed by atoms with Crippen LogP contribution in [0, 0.1) is 5.92 Å². The first-order chi connectivity index (χ1) is 13.1. The monoisotopic (exact) mass is 364 g/mol. The number of hydrogen-bond acceptors (Lipinski definition) is 4. The number of hydrogen-bond donors (Lipinski definition) is 0. The summed E-state index contributed by atoms with van der Waals surface area (Å²) in [5, 5.41) is 0. The summed E-state index contributed by atoms with van der Waals surface area (Å²) in [5.74, 6) is 1.36. The Morgan fingerprint density at radius 2 is 2.00 bits per heavy atom. The molecule has 0 unspecified atom stereocenters. The molecule has 4 rings (SSSR count). The molecule has 1 amide bonds. The van der Waals surface area contributed by atoms with Gasteiger partial charge in [-0.05, 0) is 30.2 Å². The SMILES string of the molecule is CC(C)Cn1c(-c2cccc(C(=O)N3CCOCC3)c2)nc2cccnc21. The Kier molecular flexibility index (Phi) is 4.90. The first-order valence-corrected chi connectivity index (χ1v) is 9.42. The zero-order chi connectivity index (χ0) is 18.8. The van der Waals surface area contributed by atoms with Crippen LogP contribution in [-0.4, -0.2) is 51.6 Å². The third-order valence-electron chi connectivity index (χ3n) is 4.72. The highest BCUT2D eigenvalue weighted by Crippen LogP contribution is 2.26. The summed E-state index contributed by atoms with van der Waals surface area (Å²) in [6, 6.07) is 11.6. The summed E-state index contributed by atoms with van der Waals surface area (Å²) in [6.07, 6.45) is 1.79. The second-order valence-corrected chi connectivity index (χ2v) is 7.27. The van der Waals surface area contributed by atoms with Gasteiger partial charge in [0.25, 0.3) is 5.91 Å². The molecule has 3 aromatic rings. The fourth-order valence-corrected chi connectivity index (χ4v) is 3.46. The predicted molar refractivity (Wildman–Crippen MR) is 105 cm³/mol. The van der Waals surface area contributed by atoms with Crippen LogP contribution in [0.5, 0.6) is 0 Å². The molecule has 0 atom stereocenters. The number of carbonyl (C=O) groups excluding carboxylic acids is 1. The highest BCUT2D eigenvalue weighted by Gasteiger charge is 2.20. The van der Waals surface area contributed by atoms with Crippen molar-refractivity contribution in [1.82, 2.24) is 19.4 Å². The van der Waals surface area contributed by atoms with Crippen LogP contribution in [0.1, 0.15) is 24.2 Å². The normalized spacial score (nSPS) is 14.9. The molecule has 1 aliphatic rings. The number of ether oxygens (including phenoxy) is 1. The molecule has 6 nitrogen and oxygen atoms in total. The smallest absolute Gasteiger partial charge is 0.254 e. The molecule has 1 aromatic carbocycles. The lowest BCUT2D eigenvalue weighted by atomic mass is 10.1. The van der Waals surface area contributed by atoms with Crippen molar-refractivity contribution < 1.29 is 9.53 Å². The van der Waals surface area contributed by atoms with E-state index in [4.69, 9.17) is 9.72 Å². The van der Waals surface area contributed by atoms with Gasteiger partial charge in [-0.3, -0.25) is 4.79 Å². The fourth-order valence-electron chi connectivity index (χ4n) is 3.46. The summed E-state index contributed by atoms with van der Waals surface area (Å²) in [7, 11) is 0. The molecule has 1 fully saturated rings. The van der Waals surface area contributed by atoms with E-state index in [9.17, 15) is 4.79 Å². The summed E-state index contributed by atoms with van der Waals surface area (Å²) in [6.45, 7) is 7.65. The predicted octanol–water partition coefficient (Wildman–Crippen LogP) is 3.23. The standard InChI is InChI=1S/C21H24N4O2/c1-15(2)14-25-19(23-18-7-4-8-22-20(18)25)16-5-3-6-17(13-16)21(26)24-9-11-27-12-10-24/h3-8,13,15H,9-12,14H2,1-2H3. The first-order valence-electron chi connectivity index (χ1n) is 9.42. The molecule has 3 heterocycles. The van der Waals surface area contributed by atoms with Crippen molar-refractivity contribution in [3.63, 3.8) is 0 Å². The van der Waals surface area contributed by atoms with Gasteiger partial charge < -0.3 is 14.2 Å². The van der Waals surface area contributed by atoms with Crippen LogP contribution < -0.4 is 0 Å². The van der Waals surface area contributed by atoms with Gasteiger partial charge in [-0.25, -0.2) is 9.97 Å². The number of carbonyl (C=O) groups is 1. The van der Waals surface area contributed by atoms with Crippen LogP contribution in [0.4, 0.5) is 0 Å². The summed E-state index contributed by atoms with van der Waals surface area (Å²) >= 11 is 0. The Bertz CT molecular complexity index is 958. The zero-order valence-corrected chi connectivity index (χ0v) is 15.8. The third-order valence-corrected chi connectivity index (χ3v) is 4.72. The molecule has 0 radical (unpaired) electrons. The quantitative estimate of drug-likeness (QED) is 0.713. The molecule has 0 aliphatic carbocycles. The number of fused-ring (bicyclic) bond motifs is 1. The topological polar surface area (TPSA) is 60.2 Å². The van der Waals surface area contributed by atoms with E-state index >= 15 is 0 Å². The minimum atomic E-state index is 0.0461. The highest BCUT2D eigenvalue weighted by atomic mass is 16.5. The Balaban J connectivity index is 1.74. The molecule has 2 aromatic heterocycles. The van der Waals surface area contributed by atoms with E-state index in [1.165, 1.54) is 0 Å². The van der Waals surface area contributed by atoms with Crippen LogP contribution in [0.2, 0.25) is 0 Å². The number of morpholine rings is 1. The minimum Gasteiger partial charge on any atom is -0.378 e. The van der Waals surface area contributed by atoms with Crippen molar-refractivity contribution in [3.05, 3.63) is 48.2 Å². The van der Waals surface area contributed by atoms with E-state index in [0.717, 1.165) is 29.1 Å². The molecular weight excluding hydrogens is 340 g/mol. The zero-order valence-electron chi connectivity index (χ0n) is 15.8. The Morgan fingerprint density at radius 1 is 1.19 bits per heavy atom.